The third-order valence-electron chi connectivity index (χ3n) is 3.27. The second kappa shape index (κ2) is 5.71. The molecule has 0 spiro atoms. The molecule has 10 heteroatoms. The number of benzene rings is 1. The van der Waals surface area contributed by atoms with Crippen molar-refractivity contribution in [1.29, 1.82) is 0 Å². The molecule has 0 aliphatic heterocycles. The van der Waals surface area contributed by atoms with E-state index < -0.39 is 28.0 Å². The summed E-state index contributed by atoms with van der Waals surface area (Å²) in [4.78, 5) is 35.3. The van der Waals surface area contributed by atoms with Crippen molar-refractivity contribution in [2.75, 3.05) is 0 Å². The number of nitrogens with zero attached hydrogens (tertiary/aromatic N) is 2. The number of hydrogen-bond donors (Lipinski definition) is 1. The van der Waals surface area contributed by atoms with Gasteiger partial charge in [-0.05, 0) is 12.5 Å². The molecule has 1 heterocycles. The first kappa shape index (κ1) is 16.5. The Morgan fingerprint density at radius 1 is 1.30 bits per heavy atom. The summed E-state index contributed by atoms with van der Waals surface area (Å²) in [5.41, 5.74) is -3.53. The first-order valence-corrected chi connectivity index (χ1v) is 6.25. The molecule has 1 N–H and O–H groups in total. The summed E-state index contributed by atoms with van der Waals surface area (Å²) < 4.78 is 38.1. The van der Waals surface area contributed by atoms with Gasteiger partial charge < -0.3 is 4.98 Å². The molecule has 1 aromatic heterocycles. The number of halogens is 3. The van der Waals surface area contributed by atoms with Gasteiger partial charge in [-0.1, -0.05) is 12.1 Å². The SMILES string of the molecule is Cc1c(Cn2c(=O)cc(C(F)(F)F)[nH]c2=O)cccc1[N+](=O)[O-]. The lowest BCUT2D eigenvalue weighted by Crippen LogP contribution is -2.37. The van der Waals surface area contributed by atoms with Crippen molar-refractivity contribution < 1.29 is 18.1 Å². The van der Waals surface area contributed by atoms with Crippen LogP contribution in [0.2, 0.25) is 0 Å². The summed E-state index contributed by atoms with van der Waals surface area (Å²) in [5, 5.41) is 10.9. The second-order valence-electron chi connectivity index (χ2n) is 4.73. The molecule has 0 bridgehead atoms. The molecule has 122 valence electrons. The molecule has 0 saturated heterocycles. The minimum absolute atomic E-state index is 0.209. The van der Waals surface area contributed by atoms with Crippen LogP contribution in [0.3, 0.4) is 0 Å². The lowest BCUT2D eigenvalue weighted by atomic mass is 10.1. The van der Waals surface area contributed by atoms with Gasteiger partial charge in [-0.15, -0.1) is 0 Å². The van der Waals surface area contributed by atoms with E-state index in [0.29, 0.717) is 4.57 Å². The number of hydrogen-bond acceptors (Lipinski definition) is 4. The molecule has 0 unspecified atom stereocenters. The molecule has 1 aromatic carbocycles. The number of nitro benzene ring substituents is 1. The van der Waals surface area contributed by atoms with Gasteiger partial charge in [0.25, 0.3) is 11.2 Å². The Morgan fingerprint density at radius 3 is 2.48 bits per heavy atom. The van der Waals surface area contributed by atoms with Gasteiger partial charge in [0.05, 0.1) is 11.5 Å². The maximum atomic E-state index is 12.5. The van der Waals surface area contributed by atoms with Crippen LogP contribution in [0.1, 0.15) is 16.8 Å². The Kier molecular flexibility index (Phi) is 4.08. The standard InChI is InChI=1S/C13H10F3N3O4/c1-7-8(3-2-4-9(7)19(22)23)6-18-11(20)5-10(13(14,15)16)17-12(18)21/h2-5H,6H2,1H3,(H,17,21). The van der Waals surface area contributed by atoms with Crippen molar-refractivity contribution in [3.05, 3.63) is 72.0 Å². The van der Waals surface area contributed by atoms with Crippen molar-refractivity contribution in [3.8, 4) is 0 Å². The smallest absolute Gasteiger partial charge is 0.303 e. The monoisotopic (exact) mass is 329 g/mol. The molecule has 0 saturated carbocycles. The number of H-pyrrole nitrogens is 1. The zero-order valence-corrected chi connectivity index (χ0v) is 11.7. The van der Waals surface area contributed by atoms with Crippen molar-refractivity contribution in [3.63, 3.8) is 0 Å². The number of nitro groups is 1. The average molecular weight is 329 g/mol. The molecule has 0 fully saturated rings. The Bertz CT molecular complexity index is 852. The molecular formula is C13H10F3N3O4. The Morgan fingerprint density at radius 2 is 1.96 bits per heavy atom. The first-order chi connectivity index (χ1) is 10.6. The van der Waals surface area contributed by atoms with Gasteiger partial charge in [0.2, 0.25) is 0 Å². The van der Waals surface area contributed by atoms with Gasteiger partial charge in [-0.2, -0.15) is 13.2 Å². The summed E-state index contributed by atoms with van der Waals surface area (Å²) in [6.07, 6.45) is -4.85. The lowest BCUT2D eigenvalue weighted by Gasteiger charge is -2.10. The summed E-state index contributed by atoms with van der Waals surface area (Å²) in [7, 11) is 0. The second-order valence-corrected chi connectivity index (χ2v) is 4.73. The molecule has 2 rings (SSSR count). The van der Waals surface area contributed by atoms with E-state index in [1.54, 1.807) is 4.98 Å². The van der Waals surface area contributed by atoms with Gasteiger partial charge in [0.15, 0.2) is 0 Å². The fraction of sp³-hybridized carbons (Fsp3) is 0.231. The van der Waals surface area contributed by atoms with Crippen LogP contribution in [0.15, 0.2) is 33.9 Å². The highest BCUT2D eigenvalue weighted by Gasteiger charge is 2.33. The van der Waals surface area contributed by atoms with E-state index >= 15 is 0 Å². The Labute approximate surface area is 126 Å². The highest BCUT2D eigenvalue weighted by molar-refractivity contribution is 5.44. The predicted molar refractivity (Wildman–Crippen MR) is 73.3 cm³/mol. The topological polar surface area (TPSA) is 98.0 Å². The largest absolute Gasteiger partial charge is 0.431 e. The van der Waals surface area contributed by atoms with Gasteiger partial charge in [0, 0.05) is 17.7 Å². The van der Waals surface area contributed by atoms with Crippen LogP contribution < -0.4 is 11.2 Å². The minimum atomic E-state index is -4.85. The molecule has 23 heavy (non-hydrogen) atoms. The summed E-state index contributed by atoms with van der Waals surface area (Å²) in [6.45, 7) is 1.05. The van der Waals surface area contributed by atoms with Crippen LogP contribution >= 0.6 is 0 Å². The molecule has 0 atom stereocenters. The minimum Gasteiger partial charge on any atom is -0.303 e. The van der Waals surface area contributed by atoms with Gasteiger partial charge in [0.1, 0.15) is 5.69 Å². The van der Waals surface area contributed by atoms with Gasteiger partial charge in [-0.25, -0.2) is 4.79 Å². The molecule has 2 aromatic rings. The number of aromatic amines is 1. The van der Waals surface area contributed by atoms with Crippen LogP contribution in [0.4, 0.5) is 18.9 Å². The molecule has 0 aliphatic carbocycles. The fourth-order valence-corrected chi connectivity index (χ4v) is 2.03. The predicted octanol–water partition coefficient (Wildman–Crippen LogP) is 1.82. The van der Waals surface area contributed by atoms with Crippen molar-refractivity contribution in [2.24, 2.45) is 0 Å². The summed E-state index contributed by atoms with van der Waals surface area (Å²) >= 11 is 0. The van der Waals surface area contributed by atoms with E-state index in [-0.39, 0.29) is 29.4 Å². The third-order valence-corrected chi connectivity index (χ3v) is 3.27. The van der Waals surface area contributed by atoms with Crippen LogP contribution in [-0.2, 0) is 12.7 Å². The van der Waals surface area contributed by atoms with E-state index in [4.69, 9.17) is 0 Å². The van der Waals surface area contributed by atoms with E-state index in [2.05, 4.69) is 0 Å². The van der Waals surface area contributed by atoms with Gasteiger partial charge in [-0.3, -0.25) is 19.5 Å². The molecular weight excluding hydrogens is 319 g/mol. The van der Waals surface area contributed by atoms with Crippen LogP contribution in [0.25, 0.3) is 0 Å². The summed E-state index contributed by atoms with van der Waals surface area (Å²) in [6, 6.07) is 4.34. The number of alkyl halides is 3. The Balaban J connectivity index is 2.51. The van der Waals surface area contributed by atoms with Gasteiger partial charge >= 0.3 is 11.9 Å². The molecule has 0 aliphatic rings. The van der Waals surface area contributed by atoms with Crippen LogP contribution in [0.5, 0.6) is 0 Å². The summed E-state index contributed by atoms with van der Waals surface area (Å²) in [5.74, 6) is 0. The van der Waals surface area contributed by atoms with Crippen LogP contribution in [0, 0.1) is 17.0 Å². The lowest BCUT2D eigenvalue weighted by molar-refractivity contribution is -0.385. The zero-order valence-electron chi connectivity index (χ0n) is 11.7. The number of nitrogens with one attached hydrogen (secondary N) is 1. The Hall–Kier alpha value is -2.91. The molecule has 0 amide bonds. The highest BCUT2D eigenvalue weighted by atomic mass is 19.4. The zero-order chi connectivity index (χ0) is 17.4. The highest BCUT2D eigenvalue weighted by Crippen LogP contribution is 2.25. The van der Waals surface area contributed by atoms with Crippen molar-refractivity contribution in [1.82, 2.24) is 9.55 Å². The first-order valence-electron chi connectivity index (χ1n) is 6.25. The maximum absolute atomic E-state index is 12.5. The quantitative estimate of drug-likeness (QED) is 0.686. The van der Waals surface area contributed by atoms with E-state index in [1.165, 1.54) is 25.1 Å². The van der Waals surface area contributed by atoms with Crippen molar-refractivity contribution >= 4 is 5.69 Å². The number of aromatic nitrogens is 2. The average Bonchev–Trinajstić information content (AvgIpc) is 2.42. The van der Waals surface area contributed by atoms with Crippen LogP contribution in [-0.4, -0.2) is 14.5 Å². The molecule has 0 radical (unpaired) electrons. The maximum Gasteiger partial charge on any atom is 0.431 e. The van der Waals surface area contributed by atoms with Crippen molar-refractivity contribution in [2.45, 2.75) is 19.6 Å². The number of rotatable bonds is 3. The third kappa shape index (κ3) is 3.30. The fourth-order valence-electron chi connectivity index (χ4n) is 2.03. The normalized spacial score (nSPS) is 11.5. The van der Waals surface area contributed by atoms with E-state index in [0.717, 1.165) is 0 Å². The van der Waals surface area contributed by atoms with E-state index in [9.17, 15) is 32.9 Å². The van der Waals surface area contributed by atoms with E-state index in [1.807, 2.05) is 0 Å². The molecule has 7 nitrogen and oxygen atoms in total.